The number of rotatable bonds is 5. The molecule has 14 rings (SSSR count). The molecule has 0 amide bonds. The highest BCUT2D eigenvalue weighted by atomic mass is 14.4. The Labute approximate surface area is 395 Å². The summed E-state index contributed by atoms with van der Waals surface area (Å²) in [6, 6.07) is 88.3. The first-order valence-corrected chi connectivity index (χ1v) is 23.9. The van der Waals surface area contributed by atoms with E-state index in [4.69, 9.17) is 0 Å². The van der Waals surface area contributed by atoms with Crippen LogP contribution in [0.1, 0.15) is 16.7 Å². The molecular weight excluding hydrogens is 817 g/mol. The second-order valence-corrected chi connectivity index (χ2v) is 18.6. The lowest BCUT2D eigenvalue weighted by molar-refractivity contribution is 0.690. The number of hydrogen-bond acceptors (Lipinski definition) is 0. The van der Waals surface area contributed by atoms with Crippen LogP contribution in [0.25, 0.3) is 104 Å². The van der Waals surface area contributed by atoms with Crippen molar-refractivity contribution in [2.24, 2.45) is 11.8 Å². The van der Waals surface area contributed by atoms with Gasteiger partial charge in [-0.25, -0.2) is 0 Å². The van der Waals surface area contributed by atoms with Crippen LogP contribution in [0.3, 0.4) is 0 Å². The van der Waals surface area contributed by atoms with Gasteiger partial charge in [-0.3, -0.25) is 0 Å². The van der Waals surface area contributed by atoms with E-state index in [0.717, 1.165) is 0 Å². The van der Waals surface area contributed by atoms with E-state index in [0.29, 0.717) is 0 Å². The molecule has 316 valence electrons. The Morgan fingerprint density at radius 2 is 0.632 bits per heavy atom. The fourth-order valence-electron chi connectivity index (χ4n) is 12.1. The highest BCUT2D eigenvalue weighted by Crippen LogP contribution is 2.49. The van der Waals surface area contributed by atoms with Gasteiger partial charge in [0.05, 0.1) is 0 Å². The molecule has 0 heterocycles. The van der Waals surface area contributed by atoms with Crippen molar-refractivity contribution in [2.75, 3.05) is 0 Å². The molecule has 0 nitrogen and oxygen atoms in total. The van der Waals surface area contributed by atoms with Gasteiger partial charge in [0.2, 0.25) is 0 Å². The van der Waals surface area contributed by atoms with Crippen LogP contribution in [0, 0.1) is 11.8 Å². The van der Waals surface area contributed by atoms with Gasteiger partial charge < -0.3 is 0 Å². The summed E-state index contributed by atoms with van der Waals surface area (Å²) in [5, 5.41) is 17.8. The highest BCUT2D eigenvalue weighted by Gasteiger charge is 2.34. The Balaban J connectivity index is 1.06. The smallest absolute Gasteiger partial charge is 0.0143 e. The van der Waals surface area contributed by atoms with Gasteiger partial charge in [0.1, 0.15) is 0 Å². The third-order valence-corrected chi connectivity index (χ3v) is 15.0. The fraction of sp³-hybridized carbons (Fsp3) is 0.0294. The third kappa shape index (κ3) is 5.94. The van der Waals surface area contributed by atoms with Crippen molar-refractivity contribution in [1.82, 2.24) is 0 Å². The second-order valence-electron chi connectivity index (χ2n) is 18.6. The largest absolute Gasteiger partial charge is 0.0754 e. The molecule has 0 aliphatic heterocycles. The number of allylic oxidation sites excluding steroid dienone is 4. The van der Waals surface area contributed by atoms with E-state index < -0.39 is 0 Å². The molecule has 2 aliphatic rings. The molecule has 2 aliphatic carbocycles. The average molecular weight is 861 g/mol. The molecule has 0 N–H and O–H groups in total. The van der Waals surface area contributed by atoms with E-state index in [2.05, 4.69) is 255 Å². The van der Waals surface area contributed by atoms with Gasteiger partial charge in [-0.15, -0.1) is 0 Å². The van der Waals surface area contributed by atoms with E-state index in [-0.39, 0.29) is 11.8 Å². The molecule has 0 aromatic heterocycles. The highest BCUT2D eigenvalue weighted by molar-refractivity contribution is 6.25. The van der Waals surface area contributed by atoms with Crippen molar-refractivity contribution < 1.29 is 0 Å². The lowest BCUT2D eigenvalue weighted by Crippen LogP contribution is -2.40. The van der Waals surface area contributed by atoms with E-state index >= 15 is 0 Å². The van der Waals surface area contributed by atoms with Crippen LogP contribution in [0.4, 0.5) is 0 Å². The van der Waals surface area contributed by atoms with Crippen LogP contribution in [-0.2, 0) is 0 Å². The molecule has 0 bridgehead atoms. The lowest BCUT2D eigenvalue weighted by atomic mass is 9.68. The Morgan fingerprint density at radius 1 is 0.265 bits per heavy atom. The summed E-state index contributed by atoms with van der Waals surface area (Å²) in [5.41, 5.74) is 12.9. The molecule has 0 saturated heterocycles. The zero-order valence-electron chi connectivity index (χ0n) is 37.4. The normalized spacial score (nSPS) is 15.6. The quantitative estimate of drug-likeness (QED) is 0.151. The third-order valence-electron chi connectivity index (χ3n) is 15.0. The van der Waals surface area contributed by atoms with Crippen LogP contribution in [0.5, 0.6) is 0 Å². The Bertz CT molecular complexity index is 4250. The van der Waals surface area contributed by atoms with Gasteiger partial charge in [0.25, 0.3) is 0 Å². The molecule has 0 fully saturated rings. The Hall–Kier alpha value is -8.58. The van der Waals surface area contributed by atoms with Gasteiger partial charge >= 0.3 is 0 Å². The van der Waals surface area contributed by atoms with Crippen molar-refractivity contribution in [3.8, 4) is 22.3 Å². The lowest BCUT2D eigenvalue weighted by Gasteiger charge is -2.35. The maximum atomic E-state index is 2.61. The standard InChI is InChI=1S/C68H44/c1-5-25-49-43(17-1)21-13-33-53(49)65-57-29-9-11-31-59(57)67(55-35-15-23-45-19-3-7-27-51(45)55)63-41-47(37-39-61(63)65)48-38-40-62-64(42-48)68(56-36-16-24-46-20-4-8-28-52(46)56)60-32-12-10-30-58(60)66(62)54-34-14-22-44-18-2-6-26-50(44)54/h1-42,61,63H. The van der Waals surface area contributed by atoms with Crippen LogP contribution >= 0.6 is 0 Å². The molecule has 0 saturated carbocycles. The van der Waals surface area contributed by atoms with E-state index in [1.165, 1.54) is 131 Å². The second kappa shape index (κ2) is 15.5. The minimum atomic E-state index is 0.0701. The van der Waals surface area contributed by atoms with Crippen molar-refractivity contribution in [2.45, 2.75) is 0 Å². The van der Waals surface area contributed by atoms with Crippen LogP contribution < -0.4 is 10.4 Å². The average Bonchev–Trinajstić information content (AvgIpc) is 3.41. The number of hydrogen-bond donors (Lipinski definition) is 0. The molecule has 2 unspecified atom stereocenters. The summed E-state index contributed by atoms with van der Waals surface area (Å²) in [6.45, 7) is 0. The molecule has 12 aromatic rings. The van der Waals surface area contributed by atoms with E-state index in [1.54, 1.807) is 0 Å². The molecule has 0 spiro atoms. The molecule has 0 radical (unpaired) electrons. The summed E-state index contributed by atoms with van der Waals surface area (Å²) in [4.78, 5) is 0. The molecule has 68 heavy (non-hydrogen) atoms. The molecule has 2 atom stereocenters. The van der Waals surface area contributed by atoms with Crippen molar-refractivity contribution in [1.29, 1.82) is 0 Å². The summed E-state index contributed by atoms with van der Waals surface area (Å²) in [6.07, 6.45) is 7.55. The predicted molar refractivity (Wildman–Crippen MR) is 290 cm³/mol. The first-order valence-electron chi connectivity index (χ1n) is 23.9. The summed E-state index contributed by atoms with van der Waals surface area (Å²) >= 11 is 0. The van der Waals surface area contributed by atoms with Crippen LogP contribution in [-0.4, -0.2) is 0 Å². The molecular formula is C68H44. The van der Waals surface area contributed by atoms with Gasteiger partial charge in [0, 0.05) is 11.8 Å². The number of benzene rings is 12. The first kappa shape index (κ1) is 38.7. The van der Waals surface area contributed by atoms with Gasteiger partial charge in [-0.05, 0) is 137 Å². The van der Waals surface area contributed by atoms with Crippen molar-refractivity contribution in [3.05, 3.63) is 282 Å². The van der Waals surface area contributed by atoms with Gasteiger partial charge in [-0.2, -0.15) is 0 Å². The maximum Gasteiger partial charge on any atom is 0.0143 e. The summed E-state index contributed by atoms with van der Waals surface area (Å²) < 4.78 is 0. The zero-order valence-corrected chi connectivity index (χ0v) is 37.4. The molecule has 12 aromatic carbocycles. The van der Waals surface area contributed by atoms with E-state index in [1.807, 2.05) is 0 Å². The predicted octanol–water partition coefficient (Wildman–Crippen LogP) is 16.2. The zero-order chi connectivity index (χ0) is 44.7. The first-order chi connectivity index (χ1) is 33.8. The van der Waals surface area contributed by atoms with E-state index in [9.17, 15) is 0 Å². The minimum absolute atomic E-state index is 0.0701. The molecule has 0 heteroatoms. The van der Waals surface area contributed by atoms with Crippen molar-refractivity contribution in [3.63, 3.8) is 0 Å². The van der Waals surface area contributed by atoms with Gasteiger partial charge in [-0.1, -0.05) is 249 Å². The monoisotopic (exact) mass is 860 g/mol. The SMILES string of the molecule is C1=CC2C(c3cccc4ccccc34)=c3ccccc3=C(c3cccc4ccccc34)C2C=C1c1ccc2c(-c3cccc4ccccc34)c3ccccc3c(-c3cccc4ccccc34)c2c1. The Morgan fingerprint density at radius 3 is 1.13 bits per heavy atom. The maximum absolute atomic E-state index is 2.61. The fourth-order valence-corrected chi connectivity index (χ4v) is 12.1. The number of fused-ring (bicyclic) bond motifs is 8. The Kier molecular flexibility index (Phi) is 8.82. The van der Waals surface area contributed by atoms with Crippen LogP contribution in [0.15, 0.2) is 255 Å². The minimum Gasteiger partial charge on any atom is -0.0754 e. The summed E-state index contributed by atoms with van der Waals surface area (Å²) in [5.74, 6) is 0.183. The van der Waals surface area contributed by atoms with Gasteiger partial charge in [0.15, 0.2) is 0 Å². The topological polar surface area (TPSA) is 0 Å². The van der Waals surface area contributed by atoms with Crippen molar-refractivity contribution >= 4 is 81.4 Å². The summed E-state index contributed by atoms with van der Waals surface area (Å²) in [7, 11) is 0. The van der Waals surface area contributed by atoms with Crippen LogP contribution in [0.2, 0.25) is 0 Å².